The monoisotopic (exact) mass is 304 g/mol. The normalized spacial score (nSPS) is 22.8. The zero-order chi connectivity index (χ0) is 14.4. The number of rotatable bonds is 2. The molecule has 112 valence electrons. The van der Waals surface area contributed by atoms with E-state index < -0.39 is 0 Å². The van der Waals surface area contributed by atoms with Crippen LogP contribution in [0.25, 0.3) is 10.2 Å². The molecule has 0 aliphatic carbocycles. The molecule has 2 aliphatic rings. The number of nitrogens with two attached hydrogens (primary N) is 1. The Morgan fingerprint density at radius 1 is 1.33 bits per heavy atom. The van der Waals surface area contributed by atoms with E-state index >= 15 is 0 Å². The lowest BCUT2D eigenvalue weighted by molar-refractivity contribution is 0.230. The van der Waals surface area contributed by atoms with Crippen molar-refractivity contribution in [1.29, 1.82) is 0 Å². The number of anilines is 2. The van der Waals surface area contributed by atoms with E-state index in [0.29, 0.717) is 12.0 Å². The van der Waals surface area contributed by atoms with E-state index in [9.17, 15) is 0 Å². The number of aromatic nitrogens is 2. The molecule has 0 saturated carbocycles. The minimum Gasteiger partial charge on any atom is -0.353 e. The van der Waals surface area contributed by atoms with Crippen LogP contribution in [0.3, 0.4) is 0 Å². The number of nitrogens with one attached hydrogen (secondary N) is 1. The molecule has 2 aromatic rings. The standard InChI is InChI=1S/C14H20N6S/c1-9-7-11-12(16-14(18-15)17-13(11)21-9)20-6-5-19-4-2-3-10(19)8-20/h7,10H,2-6,8,15H2,1H3,(H,16,17,18). The molecule has 4 heterocycles. The highest BCUT2D eigenvalue weighted by molar-refractivity contribution is 7.18. The summed E-state index contributed by atoms with van der Waals surface area (Å²) >= 11 is 1.70. The molecule has 1 atom stereocenters. The van der Waals surface area contributed by atoms with Crippen LogP contribution >= 0.6 is 11.3 Å². The molecule has 1 unspecified atom stereocenters. The Morgan fingerprint density at radius 2 is 2.24 bits per heavy atom. The largest absolute Gasteiger partial charge is 0.353 e. The summed E-state index contributed by atoms with van der Waals surface area (Å²) in [5, 5.41) is 1.16. The van der Waals surface area contributed by atoms with Gasteiger partial charge in [-0.1, -0.05) is 0 Å². The fourth-order valence-electron chi connectivity index (χ4n) is 3.52. The maximum Gasteiger partial charge on any atom is 0.240 e. The number of hydrazine groups is 1. The SMILES string of the molecule is Cc1cc2c(N3CCN4CCCC4C3)nc(NN)nc2s1. The maximum atomic E-state index is 5.53. The summed E-state index contributed by atoms with van der Waals surface area (Å²) < 4.78 is 0. The Labute approximate surface area is 127 Å². The number of fused-ring (bicyclic) bond motifs is 2. The van der Waals surface area contributed by atoms with Gasteiger partial charge in [0, 0.05) is 30.6 Å². The maximum absolute atomic E-state index is 5.53. The highest BCUT2D eigenvalue weighted by Gasteiger charge is 2.32. The van der Waals surface area contributed by atoms with Crippen LogP contribution in [0.4, 0.5) is 11.8 Å². The average molecular weight is 304 g/mol. The number of thiophene rings is 1. The fraction of sp³-hybridized carbons (Fsp3) is 0.571. The van der Waals surface area contributed by atoms with Crippen LogP contribution in [0.1, 0.15) is 17.7 Å². The fourth-order valence-corrected chi connectivity index (χ4v) is 4.39. The minimum absolute atomic E-state index is 0.508. The van der Waals surface area contributed by atoms with E-state index in [0.717, 1.165) is 35.7 Å². The van der Waals surface area contributed by atoms with Gasteiger partial charge < -0.3 is 4.90 Å². The molecule has 2 aliphatic heterocycles. The lowest BCUT2D eigenvalue weighted by atomic mass is 10.1. The molecular weight excluding hydrogens is 284 g/mol. The Hall–Kier alpha value is -1.44. The van der Waals surface area contributed by atoms with Gasteiger partial charge in [-0.05, 0) is 32.4 Å². The molecule has 2 saturated heterocycles. The second kappa shape index (κ2) is 5.08. The molecule has 0 aromatic carbocycles. The van der Waals surface area contributed by atoms with E-state index in [4.69, 9.17) is 5.84 Å². The Bertz CT molecular complexity index is 669. The van der Waals surface area contributed by atoms with Gasteiger partial charge >= 0.3 is 0 Å². The van der Waals surface area contributed by atoms with Gasteiger partial charge in [0.05, 0.1) is 5.39 Å². The van der Waals surface area contributed by atoms with Crippen LogP contribution in [-0.2, 0) is 0 Å². The van der Waals surface area contributed by atoms with Crippen molar-refractivity contribution in [3.05, 3.63) is 10.9 Å². The zero-order valence-corrected chi connectivity index (χ0v) is 13.0. The second-order valence-electron chi connectivity index (χ2n) is 5.87. The van der Waals surface area contributed by atoms with Crippen molar-refractivity contribution in [2.24, 2.45) is 5.84 Å². The predicted octanol–water partition coefficient (Wildman–Crippen LogP) is 1.57. The Balaban J connectivity index is 1.74. The molecule has 0 bridgehead atoms. The highest BCUT2D eigenvalue weighted by Crippen LogP contribution is 2.33. The van der Waals surface area contributed by atoms with Crippen LogP contribution in [0.5, 0.6) is 0 Å². The molecule has 3 N–H and O–H groups in total. The van der Waals surface area contributed by atoms with E-state index in [1.54, 1.807) is 11.3 Å². The van der Waals surface area contributed by atoms with E-state index in [1.165, 1.54) is 24.3 Å². The van der Waals surface area contributed by atoms with Crippen LogP contribution in [0.2, 0.25) is 0 Å². The summed E-state index contributed by atoms with van der Waals surface area (Å²) in [5.41, 5.74) is 2.60. The molecule has 4 rings (SSSR count). The number of nitrogens with zero attached hydrogens (tertiary/aromatic N) is 4. The van der Waals surface area contributed by atoms with Gasteiger partial charge in [-0.25, -0.2) is 10.8 Å². The third-order valence-electron chi connectivity index (χ3n) is 4.51. The molecule has 0 spiro atoms. The average Bonchev–Trinajstić information content (AvgIpc) is 3.09. The van der Waals surface area contributed by atoms with Gasteiger partial charge in [0.2, 0.25) is 5.95 Å². The van der Waals surface area contributed by atoms with Crippen molar-refractivity contribution >= 4 is 33.3 Å². The van der Waals surface area contributed by atoms with Gasteiger partial charge in [-0.2, -0.15) is 4.98 Å². The number of nitrogen functional groups attached to an aromatic ring is 1. The highest BCUT2D eigenvalue weighted by atomic mass is 32.1. The predicted molar refractivity (Wildman–Crippen MR) is 86.8 cm³/mol. The summed E-state index contributed by atoms with van der Waals surface area (Å²) in [6, 6.07) is 2.87. The van der Waals surface area contributed by atoms with Gasteiger partial charge in [-0.3, -0.25) is 10.3 Å². The summed E-state index contributed by atoms with van der Waals surface area (Å²) in [7, 11) is 0. The van der Waals surface area contributed by atoms with E-state index in [-0.39, 0.29) is 0 Å². The van der Waals surface area contributed by atoms with Crippen molar-refractivity contribution in [2.45, 2.75) is 25.8 Å². The number of piperazine rings is 1. The van der Waals surface area contributed by atoms with Crippen molar-refractivity contribution in [2.75, 3.05) is 36.5 Å². The molecule has 0 radical (unpaired) electrons. The van der Waals surface area contributed by atoms with Gasteiger partial charge in [0.1, 0.15) is 10.6 Å². The van der Waals surface area contributed by atoms with E-state index in [2.05, 4.69) is 38.2 Å². The summed E-state index contributed by atoms with van der Waals surface area (Å²) in [6.45, 7) is 6.59. The first-order valence-electron chi connectivity index (χ1n) is 7.48. The van der Waals surface area contributed by atoms with Crippen molar-refractivity contribution < 1.29 is 0 Å². The van der Waals surface area contributed by atoms with Crippen LogP contribution in [-0.4, -0.2) is 47.1 Å². The topological polar surface area (TPSA) is 70.3 Å². The molecular formula is C14H20N6S. The number of hydrogen-bond acceptors (Lipinski definition) is 7. The molecule has 7 heteroatoms. The van der Waals surface area contributed by atoms with Gasteiger partial charge in [-0.15, -0.1) is 11.3 Å². The first kappa shape index (κ1) is 13.2. The molecule has 2 aromatic heterocycles. The number of hydrogen-bond donors (Lipinski definition) is 2. The van der Waals surface area contributed by atoms with Crippen LogP contribution in [0.15, 0.2) is 6.07 Å². The van der Waals surface area contributed by atoms with Crippen molar-refractivity contribution in [3.8, 4) is 0 Å². The van der Waals surface area contributed by atoms with Crippen molar-refractivity contribution in [3.63, 3.8) is 0 Å². The third kappa shape index (κ3) is 2.25. The molecule has 21 heavy (non-hydrogen) atoms. The van der Waals surface area contributed by atoms with E-state index in [1.807, 2.05) is 0 Å². The third-order valence-corrected chi connectivity index (χ3v) is 5.46. The lowest BCUT2D eigenvalue weighted by Gasteiger charge is -2.38. The smallest absolute Gasteiger partial charge is 0.240 e. The van der Waals surface area contributed by atoms with Crippen LogP contribution < -0.4 is 16.2 Å². The zero-order valence-electron chi connectivity index (χ0n) is 12.2. The number of aryl methyl sites for hydroxylation is 1. The lowest BCUT2D eigenvalue weighted by Crippen LogP contribution is -2.50. The first-order chi connectivity index (χ1) is 10.2. The molecule has 6 nitrogen and oxygen atoms in total. The molecule has 0 amide bonds. The van der Waals surface area contributed by atoms with Gasteiger partial charge in [0.25, 0.3) is 0 Å². The van der Waals surface area contributed by atoms with Gasteiger partial charge in [0.15, 0.2) is 0 Å². The second-order valence-corrected chi connectivity index (χ2v) is 7.10. The summed E-state index contributed by atoms with van der Waals surface area (Å²) in [6.07, 6.45) is 2.63. The molecule has 2 fully saturated rings. The van der Waals surface area contributed by atoms with Crippen molar-refractivity contribution in [1.82, 2.24) is 14.9 Å². The van der Waals surface area contributed by atoms with Crippen LogP contribution in [0, 0.1) is 6.92 Å². The summed E-state index contributed by atoms with van der Waals surface area (Å²) in [5.74, 6) is 7.07. The summed E-state index contributed by atoms with van der Waals surface area (Å²) in [4.78, 5) is 16.4. The quantitative estimate of drug-likeness (QED) is 0.648. The first-order valence-corrected chi connectivity index (χ1v) is 8.30. The Morgan fingerprint density at radius 3 is 3.10 bits per heavy atom. The minimum atomic E-state index is 0.508. The Kier molecular flexibility index (Phi) is 3.20.